The van der Waals surface area contributed by atoms with Crippen molar-refractivity contribution in [3.63, 3.8) is 0 Å². The molecule has 1 fully saturated rings. The summed E-state index contributed by atoms with van der Waals surface area (Å²) in [7, 11) is 0. The van der Waals surface area contributed by atoms with Crippen molar-refractivity contribution < 1.29 is 0 Å². The first-order valence-corrected chi connectivity index (χ1v) is 8.40. The first kappa shape index (κ1) is 15.2. The zero-order valence-corrected chi connectivity index (χ0v) is 13.9. The summed E-state index contributed by atoms with van der Waals surface area (Å²) in [6.07, 6.45) is 1.69. The molecule has 3 aromatic rings. The largest absolute Gasteiger partial charge is 0.380 e. The molecular formula is C19H18ClN3O. The van der Waals surface area contributed by atoms with Gasteiger partial charge in [0, 0.05) is 41.9 Å². The van der Waals surface area contributed by atoms with Crippen molar-refractivity contribution in [3.05, 3.63) is 75.7 Å². The number of halogens is 1. The second-order valence-electron chi connectivity index (χ2n) is 6.27. The van der Waals surface area contributed by atoms with Crippen molar-refractivity contribution in [2.24, 2.45) is 0 Å². The SMILES string of the molecule is O=c1[nH]ccc2cc(NC3CN(Cc4ccc(Cl)cc4)C3)ccc12. The number of benzene rings is 2. The van der Waals surface area contributed by atoms with E-state index in [0.717, 1.165) is 41.1 Å². The highest BCUT2D eigenvalue weighted by Gasteiger charge is 2.26. The van der Waals surface area contributed by atoms with Gasteiger partial charge in [0.05, 0.1) is 6.04 Å². The number of nitrogens with one attached hydrogen (secondary N) is 2. The monoisotopic (exact) mass is 339 g/mol. The summed E-state index contributed by atoms with van der Waals surface area (Å²) < 4.78 is 0. The zero-order valence-electron chi connectivity index (χ0n) is 13.1. The summed E-state index contributed by atoms with van der Waals surface area (Å²) in [5.74, 6) is 0. The Labute approximate surface area is 145 Å². The molecule has 0 aliphatic carbocycles. The Morgan fingerprint density at radius 1 is 1.12 bits per heavy atom. The molecule has 2 N–H and O–H groups in total. The maximum Gasteiger partial charge on any atom is 0.255 e. The van der Waals surface area contributed by atoms with E-state index in [1.54, 1.807) is 6.20 Å². The van der Waals surface area contributed by atoms with Crippen LogP contribution in [0.5, 0.6) is 0 Å². The first-order valence-electron chi connectivity index (χ1n) is 8.02. The van der Waals surface area contributed by atoms with Gasteiger partial charge in [0.2, 0.25) is 0 Å². The summed E-state index contributed by atoms with van der Waals surface area (Å²) in [4.78, 5) is 16.8. The predicted octanol–water partition coefficient (Wildman–Crippen LogP) is 3.48. The number of aromatic nitrogens is 1. The Kier molecular flexibility index (Phi) is 4.00. The van der Waals surface area contributed by atoms with Gasteiger partial charge in [-0.2, -0.15) is 0 Å². The molecule has 1 saturated heterocycles. The fraction of sp³-hybridized carbons (Fsp3) is 0.211. The van der Waals surface area contributed by atoms with E-state index in [0.29, 0.717) is 6.04 Å². The molecule has 0 bridgehead atoms. The Morgan fingerprint density at radius 3 is 2.71 bits per heavy atom. The fourth-order valence-corrected chi connectivity index (χ4v) is 3.28. The number of hydrogen-bond acceptors (Lipinski definition) is 3. The minimum atomic E-state index is -0.0446. The number of fused-ring (bicyclic) bond motifs is 1. The van der Waals surface area contributed by atoms with E-state index in [9.17, 15) is 4.79 Å². The first-order chi connectivity index (χ1) is 11.7. The molecule has 0 radical (unpaired) electrons. The van der Waals surface area contributed by atoms with Crippen molar-refractivity contribution in [2.45, 2.75) is 12.6 Å². The molecule has 5 heteroatoms. The van der Waals surface area contributed by atoms with Crippen molar-refractivity contribution in [3.8, 4) is 0 Å². The lowest BCUT2D eigenvalue weighted by molar-refractivity contribution is 0.153. The molecule has 122 valence electrons. The smallest absolute Gasteiger partial charge is 0.255 e. The highest BCUT2D eigenvalue weighted by Crippen LogP contribution is 2.21. The lowest BCUT2D eigenvalue weighted by atomic mass is 10.1. The zero-order chi connectivity index (χ0) is 16.5. The molecule has 24 heavy (non-hydrogen) atoms. The molecule has 2 heterocycles. The summed E-state index contributed by atoms with van der Waals surface area (Å²) in [6.45, 7) is 2.97. The maximum atomic E-state index is 11.7. The average Bonchev–Trinajstić information content (AvgIpc) is 2.55. The highest BCUT2D eigenvalue weighted by atomic mass is 35.5. The summed E-state index contributed by atoms with van der Waals surface area (Å²) in [5.41, 5.74) is 2.30. The number of aromatic amines is 1. The second kappa shape index (κ2) is 6.30. The van der Waals surface area contributed by atoms with Gasteiger partial charge in [-0.05, 0) is 47.3 Å². The molecule has 0 saturated carbocycles. The number of likely N-dealkylation sites (tertiary alicyclic amines) is 1. The Morgan fingerprint density at radius 2 is 1.92 bits per heavy atom. The van der Waals surface area contributed by atoms with Crippen LogP contribution in [-0.2, 0) is 6.54 Å². The van der Waals surface area contributed by atoms with Crippen molar-refractivity contribution in [1.29, 1.82) is 0 Å². The lowest BCUT2D eigenvalue weighted by Crippen LogP contribution is -2.53. The maximum absolute atomic E-state index is 11.7. The quantitative estimate of drug-likeness (QED) is 0.765. The Balaban J connectivity index is 1.36. The van der Waals surface area contributed by atoms with E-state index in [2.05, 4.69) is 27.3 Å². The van der Waals surface area contributed by atoms with Crippen LogP contribution in [-0.4, -0.2) is 29.0 Å². The molecule has 4 nitrogen and oxygen atoms in total. The van der Waals surface area contributed by atoms with E-state index in [-0.39, 0.29) is 5.56 Å². The van der Waals surface area contributed by atoms with Gasteiger partial charge in [-0.3, -0.25) is 9.69 Å². The summed E-state index contributed by atoms with van der Waals surface area (Å²) in [6, 6.07) is 16.3. The van der Waals surface area contributed by atoms with Crippen LogP contribution < -0.4 is 10.9 Å². The molecule has 1 aliphatic rings. The number of pyridine rings is 1. The van der Waals surface area contributed by atoms with Gasteiger partial charge < -0.3 is 10.3 Å². The molecular weight excluding hydrogens is 322 g/mol. The highest BCUT2D eigenvalue weighted by molar-refractivity contribution is 6.30. The Bertz CT molecular complexity index is 914. The number of nitrogens with zero attached hydrogens (tertiary/aromatic N) is 1. The van der Waals surface area contributed by atoms with Gasteiger partial charge >= 0.3 is 0 Å². The average molecular weight is 340 g/mol. The molecule has 0 amide bonds. The van der Waals surface area contributed by atoms with Crippen LogP contribution >= 0.6 is 11.6 Å². The van der Waals surface area contributed by atoms with E-state index in [1.165, 1.54) is 5.56 Å². The standard InChI is InChI=1S/C19H18ClN3O/c20-15-3-1-13(2-4-15)10-23-11-17(12-23)22-16-5-6-18-14(9-16)7-8-21-19(18)24/h1-9,17,22H,10-12H2,(H,21,24). The summed E-state index contributed by atoms with van der Waals surface area (Å²) in [5, 5.41) is 6.00. The third kappa shape index (κ3) is 3.16. The molecule has 1 aliphatic heterocycles. The normalized spacial score (nSPS) is 15.4. The van der Waals surface area contributed by atoms with Crippen LogP contribution in [0.25, 0.3) is 10.8 Å². The molecule has 0 atom stereocenters. The van der Waals surface area contributed by atoms with Gasteiger partial charge in [0.1, 0.15) is 0 Å². The number of rotatable bonds is 4. The molecule has 1 aromatic heterocycles. The molecule has 4 rings (SSSR count). The van der Waals surface area contributed by atoms with Crippen LogP contribution in [0.2, 0.25) is 5.02 Å². The minimum absolute atomic E-state index is 0.0446. The molecule has 2 aromatic carbocycles. The minimum Gasteiger partial charge on any atom is -0.380 e. The topological polar surface area (TPSA) is 48.1 Å². The van der Waals surface area contributed by atoms with Crippen molar-refractivity contribution in [2.75, 3.05) is 18.4 Å². The second-order valence-corrected chi connectivity index (χ2v) is 6.71. The van der Waals surface area contributed by atoms with Gasteiger partial charge in [-0.1, -0.05) is 23.7 Å². The van der Waals surface area contributed by atoms with Crippen LogP contribution in [0, 0.1) is 0 Å². The van der Waals surface area contributed by atoms with E-state index in [1.807, 2.05) is 36.4 Å². The summed E-state index contributed by atoms with van der Waals surface area (Å²) >= 11 is 5.92. The predicted molar refractivity (Wildman–Crippen MR) is 98.7 cm³/mol. The van der Waals surface area contributed by atoms with Gasteiger partial charge in [0.15, 0.2) is 0 Å². The van der Waals surface area contributed by atoms with E-state index in [4.69, 9.17) is 11.6 Å². The van der Waals surface area contributed by atoms with Gasteiger partial charge in [0.25, 0.3) is 5.56 Å². The third-order valence-electron chi connectivity index (χ3n) is 4.42. The van der Waals surface area contributed by atoms with Crippen molar-refractivity contribution >= 4 is 28.1 Å². The van der Waals surface area contributed by atoms with Crippen LogP contribution in [0.1, 0.15) is 5.56 Å². The Hall–Kier alpha value is -2.30. The van der Waals surface area contributed by atoms with Gasteiger partial charge in [-0.15, -0.1) is 0 Å². The van der Waals surface area contributed by atoms with Crippen LogP contribution in [0.4, 0.5) is 5.69 Å². The fourth-order valence-electron chi connectivity index (χ4n) is 3.16. The van der Waals surface area contributed by atoms with Crippen LogP contribution in [0.15, 0.2) is 59.5 Å². The van der Waals surface area contributed by atoms with Crippen molar-refractivity contribution in [1.82, 2.24) is 9.88 Å². The van der Waals surface area contributed by atoms with Crippen LogP contribution in [0.3, 0.4) is 0 Å². The van der Waals surface area contributed by atoms with E-state index < -0.39 is 0 Å². The number of H-pyrrole nitrogens is 1. The lowest BCUT2D eigenvalue weighted by Gasteiger charge is -2.40. The third-order valence-corrected chi connectivity index (χ3v) is 4.67. The number of hydrogen-bond donors (Lipinski definition) is 2. The molecule has 0 spiro atoms. The molecule has 0 unspecified atom stereocenters. The van der Waals surface area contributed by atoms with E-state index >= 15 is 0 Å². The van der Waals surface area contributed by atoms with Gasteiger partial charge in [-0.25, -0.2) is 0 Å². The number of anilines is 1.